The zero-order valence-corrected chi connectivity index (χ0v) is 10.8. The van der Waals surface area contributed by atoms with Crippen LogP contribution < -0.4 is 10.5 Å². The lowest BCUT2D eigenvalue weighted by Gasteiger charge is -2.08. The van der Waals surface area contributed by atoms with Gasteiger partial charge in [-0.25, -0.2) is 21.9 Å². The molecule has 0 saturated carbocycles. The van der Waals surface area contributed by atoms with Crippen molar-refractivity contribution in [1.29, 1.82) is 0 Å². The summed E-state index contributed by atoms with van der Waals surface area (Å²) < 4.78 is 56.8. The Kier molecular flexibility index (Phi) is 3.95. The number of halogens is 2. The second-order valence-electron chi connectivity index (χ2n) is 3.80. The van der Waals surface area contributed by atoms with Gasteiger partial charge in [0.25, 0.3) is 0 Å². The number of hydrogen-bond acceptors (Lipinski definition) is 6. The maximum Gasteiger partial charge on any atom is 0.243 e. The van der Waals surface area contributed by atoms with Crippen molar-refractivity contribution >= 4 is 15.7 Å². The van der Waals surface area contributed by atoms with Crippen molar-refractivity contribution in [2.24, 2.45) is 0 Å². The van der Waals surface area contributed by atoms with E-state index in [1.54, 1.807) is 0 Å². The van der Waals surface area contributed by atoms with Gasteiger partial charge in [-0.3, -0.25) is 0 Å². The molecule has 1 aromatic carbocycles. The van der Waals surface area contributed by atoms with Gasteiger partial charge in [-0.15, -0.1) is 0 Å². The van der Waals surface area contributed by atoms with Crippen molar-refractivity contribution in [2.45, 2.75) is 11.3 Å². The molecule has 10 heteroatoms. The van der Waals surface area contributed by atoms with E-state index in [2.05, 4.69) is 19.4 Å². The van der Waals surface area contributed by atoms with Crippen LogP contribution in [-0.4, -0.2) is 25.1 Å². The highest BCUT2D eigenvalue weighted by molar-refractivity contribution is 7.89. The number of hydrogen-bond donors (Lipinski definition) is 2. The van der Waals surface area contributed by atoms with E-state index in [0.717, 1.165) is 12.5 Å². The molecule has 108 valence electrons. The molecule has 2 rings (SSSR count). The normalized spacial score (nSPS) is 11.7. The van der Waals surface area contributed by atoms with Crippen LogP contribution in [0.2, 0.25) is 0 Å². The molecule has 3 N–H and O–H groups in total. The lowest BCUT2D eigenvalue weighted by atomic mass is 10.3. The number of anilines is 1. The highest BCUT2D eigenvalue weighted by Crippen LogP contribution is 2.20. The molecule has 1 aromatic heterocycles. The Balaban J connectivity index is 2.12. The third kappa shape index (κ3) is 3.08. The first kappa shape index (κ1) is 14.3. The molecule has 0 spiro atoms. The van der Waals surface area contributed by atoms with Crippen LogP contribution in [0.3, 0.4) is 0 Å². The van der Waals surface area contributed by atoms with E-state index in [4.69, 9.17) is 5.73 Å². The van der Waals surface area contributed by atoms with Crippen molar-refractivity contribution in [3.8, 4) is 0 Å². The molecular formula is C10H10F2N4O3S. The van der Waals surface area contributed by atoms with Gasteiger partial charge in [-0.1, -0.05) is 5.16 Å². The summed E-state index contributed by atoms with van der Waals surface area (Å²) in [6.45, 7) is -0.0708. The third-order valence-electron chi connectivity index (χ3n) is 2.39. The Labute approximate surface area is 112 Å². The fourth-order valence-electron chi connectivity index (χ4n) is 1.43. The van der Waals surface area contributed by atoms with Crippen molar-refractivity contribution < 1.29 is 21.7 Å². The number of sulfonamides is 1. The smallest absolute Gasteiger partial charge is 0.243 e. The number of aromatic nitrogens is 2. The fourth-order valence-corrected chi connectivity index (χ4v) is 2.55. The summed E-state index contributed by atoms with van der Waals surface area (Å²) in [6, 6.07) is 1.14. The van der Waals surface area contributed by atoms with Crippen LogP contribution in [0.5, 0.6) is 0 Å². The fraction of sp³-hybridized carbons (Fsp3) is 0.200. The van der Waals surface area contributed by atoms with E-state index < -0.39 is 32.2 Å². The van der Waals surface area contributed by atoms with Crippen LogP contribution in [0.15, 0.2) is 27.9 Å². The number of benzene rings is 1. The van der Waals surface area contributed by atoms with Crippen LogP contribution in [0, 0.1) is 11.6 Å². The van der Waals surface area contributed by atoms with Crippen molar-refractivity contribution in [2.75, 3.05) is 12.3 Å². The van der Waals surface area contributed by atoms with E-state index in [0.29, 0.717) is 11.9 Å². The Morgan fingerprint density at radius 1 is 1.30 bits per heavy atom. The van der Waals surface area contributed by atoms with Gasteiger partial charge < -0.3 is 10.3 Å². The zero-order chi connectivity index (χ0) is 14.8. The monoisotopic (exact) mass is 304 g/mol. The van der Waals surface area contributed by atoms with Crippen LogP contribution in [0.25, 0.3) is 0 Å². The number of rotatable bonds is 5. The largest absolute Gasteiger partial charge is 0.396 e. The summed E-state index contributed by atoms with van der Waals surface area (Å²) in [4.78, 5) is 2.98. The van der Waals surface area contributed by atoms with E-state index in [-0.39, 0.29) is 13.0 Å². The van der Waals surface area contributed by atoms with Gasteiger partial charge >= 0.3 is 0 Å². The van der Waals surface area contributed by atoms with Gasteiger partial charge in [0.05, 0.1) is 5.69 Å². The van der Waals surface area contributed by atoms with E-state index in [1.165, 1.54) is 0 Å². The molecule has 0 bridgehead atoms. The first-order valence-electron chi connectivity index (χ1n) is 5.39. The molecule has 20 heavy (non-hydrogen) atoms. The molecule has 0 fully saturated rings. The molecular weight excluding hydrogens is 294 g/mol. The van der Waals surface area contributed by atoms with Crippen molar-refractivity contribution in [3.63, 3.8) is 0 Å². The number of nitrogens with two attached hydrogens (primary N) is 1. The molecule has 2 aromatic rings. The molecule has 0 radical (unpaired) electrons. The summed E-state index contributed by atoms with van der Waals surface area (Å²) in [6.07, 6.45) is 1.26. The maximum atomic E-state index is 13.5. The molecule has 0 aliphatic rings. The van der Waals surface area contributed by atoms with Gasteiger partial charge in [-0.05, 0) is 6.07 Å². The summed E-state index contributed by atoms with van der Waals surface area (Å²) in [5.41, 5.74) is 4.77. The van der Waals surface area contributed by atoms with Gasteiger partial charge in [0, 0.05) is 19.0 Å². The first-order chi connectivity index (χ1) is 9.40. The van der Waals surface area contributed by atoms with Gasteiger partial charge in [0.1, 0.15) is 16.5 Å². The lowest BCUT2D eigenvalue weighted by Crippen LogP contribution is -2.27. The molecule has 0 aliphatic carbocycles. The first-order valence-corrected chi connectivity index (χ1v) is 6.88. The third-order valence-corrected chi connectivity index (χ3v) is 3.86. The van der Waals surface area contributed by atoms with E-state index >= 15 is 0 Å². The molecule has 0 amide bonds. The molecule has 0 saturated heterocycles. The quantitative estimate of drug-likeness (QED) is 0.776. The molecule has 7 nitrogen and oxygen atoms in total. The minimum Gasteiger partial charge on any atom is -0.396 e. The van der Waals surface area contributed by atoms with Crippen LogP contribution in [0.4, 0.5) is 14.5 Å². The minimum absolute atomic E-state index is 0.0708. The van der Waals surface area contributed by atoms with E-state index in [9.17, 15) is 17.2 Å². The lowest BCUT2D eigenvalue weighted by molar-refractivity contribution is 0.409. The SMILES string of the molecule is Nc1cc(S(=O)(=O)NCCc2ncon2)c(F)cc1F. The van der Waals surface area contributed by atoms with Crippen LogP contribution in [-0.2, 0) is 16.4 Å². The van der Waals surface area contributed by atoms with Crippen LogP contribution in [0.1, 0.15) is 5.82 Å². The number of nitrogen functional groups attached to an aromatic ring is 1. The maximum absolute atomic E-state index is 13.5. The standard InChI is InChI=1S/C10H10F2N4O3S/c11-6-3-7(12)9(4-8(6)13)20(17,18)15-2-1-10-14-5-19-16-10/h3-5,15H,1-2,13H2. The summed E-state index contributed by atoms with van der Waals surface area (Å²) in [5, 5.41) is 3.49. The highest BCUT2D eigenvalue weighted by atomic mass is 32.2. The molecule has 1 heterocycles. The summed E-state index contributed by atoms with van der Waals surface area (Å²) in [5.74, 6) is -1.94. The second kappa shape index (κ2) is 5.51. The highest BCUT2D eigenvalue weighted by Gasteiger charge is 2.21. The topological polar surface area (TPSA) is 111 Å². The van der Waals surface area contributed by atoms with E-state index in [1.807, 2.05) is 0 Å². The van der Waals surface area contributed by atoms with Gasteiger partial charge in [0.15, 0.2) is 5.82 Å². The molecule has 0 aliphatic heterocycles. The van der Waals surface area contributed by atoms with Gasteiger partial charge in [-0.2, -0.15) is 4.98 Å². The average molecular weight is 304 g/mol. The summed E-state index contributed by atoms with van der Waals surface area (Å²) >= 11 is 0. The second-order valence-corrected chi connectivity index (χ2v) is 5.53. The Morgan fingerprint density at radius 3 is 2.70 bits per heavy atom. The van der Waals surface area contributed by atoms with Gasteiger partial charge in [0.2, 0.25) is 16.4 Å². The van der Waals surface area contributed by atoms with Crippen molar-refractivity contribution in [3.05, 3.63) is 36.0 Å². The predicted molar refractivity (Wildman–Crippen MR) is 64.0 cm³/mol. The summed E-state index contributed by atoms with van der Waals surface area (Å²) in [7, 11) is -4.14. The Bertz CT molecular complexity index is 704. The average Bonchev–Trinajstić information content (AvgIpc) is 2.86. The predicted octanol–water partition coefficient (Wildman–Crippen LogP) is 0.451. The number of nitrogens with one attached hydrogen (secondary N) is 1. The molecule has 0 atom stereocenters. The minimum atomic E-state index is -4.14. The van der Waals surface area contributed by atoms with Crippen LogP contribution >= 0.6 is 0 Å². The van der Waals surface area contributed by atoms with Crippen molar-refractivity contribution in [1.82, 2.24) is 14.9 Å². The zero-order valence-electron chi connectivity index (χ0n) is 10.0. The Hall–Kier alpha value is -2.07. The Morgan fingerprint density at radius 2 is 2.05 bits per heavy atom. The molecule has 0 unspecified atom stereocenters. The number of nitrogens with zero attached hydrogens (tertiary/aromatic N) is 2.